The first-order valence-corrected chi connectivity index (χ1v) is 12.3. The first kappa shape index (κ1) is 21.9. The molecule has 0 radical (unpaired) electrons. The lowest BCUT2D eigenvalue weighted by Gasteiger charge is -2.42. The summed E-state index contributed by atoms with van der Waals surface area (Å²) in [6.45, 7) is 4.54. The van der Waals surface area contributed by atoms with E-state index in [0.717, 1.165) is 47.2 Å². The summed E-state index contributed by atoms with van der Waals surface area (Å²) in [5, 5.41) is 6.75. The molecule has 2 aliphatic rings. The molecule has 0 bridgehead atoms. The molecular formula is C26H29FN8. The average Bonchev–Trinajstić information content (AvgIpc) is 3.24. The maximum absolute atomic E-state index is 13.5. The Labute approximate surface area is 203 Å². The monoisotopic (exact) mass is 472 g/mol. The fourth-order valence-electron chi connectivity index (χ4n) is 5.07. The Morgan fingerprint density at radius 2 is 1.83 bits per heavy atom. The van der Waals surface area contributed by atoms with Crippen molar-refractivity contribution in [2.75, 3.05) is 23.7 Å². The van der Waals surface area contributed by atoms with Crippen LogP contribution in [0.5, 0.6) is 0 Å². The Hall–Kier alpha value is -3.59. The van der Waals surface area contributed by atoms with Gasteiger partial charge in [0.15, 0.2) is 0 Å². The molecule has 35 heavy (non-hydrogen) atoms. The van der Waals surface area contributed by atoms with Gasteiger partial charge in [-0.1, -0.05) is 0 Å². The largest absolute Gasteiger partial charge is 0.353 e. The van der Waals surface area contributed by atoms with Crippen LogP contribution in [0.1, 0.15) is 37.7 Å². The third-order valence-electron chi connectivity index (χ3n) is 7.10. The molecule has 4 aromatic heterocycles. The van der Waals surface area contributed by atoms with Crippen LogP contribution in [0.2, 0.25) is 0 Å². The molecule has 9 heteroatoms. The van der Waals surface area contributed by atoms with Crippen LogP contribution in [0, 0.1) is 12.7 Å². The minimum atomic E-state index is -0.381. The first-order valence-electron chi connectivity index (χ1n) is 12.3. The molecule has 5 heterocycles. The number of rotatable bonds is 6. The number of aromatic nitrogens is 5. The summed E-state index contributed by atoms with van der Waals surface area (Å²) in [4.78, 5) is 20.7. The zero-order valence-electron chi connectivity index (χ0n) is 19.8. The number of likely N-dealkylation sites (tertiary alicyclic amines) is 1. The molecule has 2 N–H and O–H groups in total. The third kappa shape index (κ3) is 4.68. The van der Waals surface area contributed by atoms with Crippen molar-refractivity contribution in [1.82, 2.24) is 29.2 Å². The molecular weight excluding hydrogens is 443 g/mol. The number of nitrogens with one attached hydrogen (secondary N) is 2. The van der Waals surface area contributed by atoms with E-state index in [0.29, 0.717) is 17.7 Å². The topological polar surface area (TPSA) is 83.3 Å². The maximum atomic E-state index is 13.5. The van der Waals surface area contributed by atoms with Gasteiger partial charge in [0.05, 0.1) is 29.5 Å². The van der Waals surface area contributed by atoms with E-state index in [4.69, 9.17) is 9.97 Å². The van der Waals surface area contributed by atoms with E-state index in [2.05, 4.69) is 25.5 Å². The van der Waals surface area contributed by atoms with Gasteiger partial charge in [0.2, 0.25) is 5.95 Å². The zero-order chi connectivity index (χ0) is 23.8. The molecule has 2 fully saturated rings. The molecule has 0 amide bonds. The molecule has 1 saturated carbocycles. The van der Waals surface area contributed by atoms with Crippen LogP contribution in [-0.4, -0.2) is 54.4 Å². The van der Waals surface area contributed by atoms with Gasteiger partial charge >= 0.3 is 0 Å². The predicted octanol–water partition coefficient (Wildman–Crippen LogP) is 4.81. The minimum Gasteiger partial charge on any atom is -0.353 e. The molecule has 8 nitrogen and oxygen atoms in total. The van der Waals surface area contributed by atoms with E-state index in [1.807, 2.05) is 42.0 Å². The van der Waals surface area contributed by atoms with Crippen LogP contribution >= 0.6 is 0 Å². The van der Waals surface area contributed by atoms with Crippen molar-refractivity contribution in [1.29, 1.82) is 0 Å². The average molecular weight is 473 g/mol. The molecule has 180 valence electrons. The summed E-state index contributed by atoms with van der Waals surface area (Å²) in [6.07, 6.45) is 14.6. The van der Waals surface area contributed by atoms with Gasteiger partial charge in [-0.3, -0.25) is 4.98 Å². The van der Waals surface area contributed by atoms with Crippen LogP contribution in [-0.2, 0) is 0 Å². The Bertz CT molecular complexity index is 1340. The van der Waals surface area contributed by atoms with Crippen molar-refractivity contribution in [2.24, 2.45) is 0 Å². The molecule has 6 rings (SSSR count). The molecule has 1 aliphatic carbocycles. The summed E-state index contributed by atoms with van der Waals surface area (Å²) >= 11 is 0. The number of imidazole rings is 1. The highest BCUT2D eigenvalue weighted by molar-refractivity contribution is 5.66. The quantitative estimate of drug-likeness (QED) is 0.417. The summed E-state index contributed by atoms with van der Waals surface area (Å²) < 4.78 is 15.4. The van der Waals surface area contributed by atoms with Crippen molar-refractivity contribution in [3.8, 4) is 11.4 Å². The van der Waals surface area contributed by atoms with E-state index < -0.39 is 0 Å². The number of anilines is 3. The second-order valence-electron chi connectivity index (χ2n) is 9.59. The van der Waals surface area contributed by atoms with Gasteiger partial charge in [0, 0.05) is 36.7 Å². The third-order valence-corrected chi connectivity index (χ3v) is 7.10. The standard InChI is InChI=1S/C26H29FN8/c1-17-12-29-26(31-19-3-6-22(7-4-19)34-9-2-10-34)33-25(17)23-16-35-15-20(5-8-24(35)32-23)30-21-11-18(27)13-28-14-21/h5,8,11-16,19,22,30H,2-4,6-7,9-10H2,1H3,(H,29,31,33). The lowest BCUT2D eigenvalue weighted by atomic mass is 9.89. The lowest BCUT2D eigenvalue weighted by molar-refractivity contribution is 0.0888. The minimum absolute atomic E-state index is 0.381. The van der Waals surface area contributed by atoms with Crippen LogP contribution in [0.4, 0.5) is 21.7 Å². The Morgan fingerprint density at radius 1 is 0.971 bits per heavy atom. The summed E-state index contributed by atoms with van der Waals surface area (Å²) in [7, 11) is 0. The lowest BCUT2D eigenvalue weighted by Crippen LogP contribution is -2.47. The van der Waals surface area contributed by atoms with Crippen LogP contribution in [0.15, 0.2) is 49.2 Å². The van der Waals surface area contributed by atoms with Crippen LogP contribution in [0.25, 0.3) is 17.0 Å². The van der Waals surface area contributed by atoms with Crippen molar-refractivity contribution in [3.63, 3.8) is 0 Å². The number of fused-ring (bicyclic) bond motifs is 1. The molecule has 0 atom stereocenters. The van der Waals surface area contributed by atoms with E-state index >= 15 is 0 Å². The molecule has 4 aromatic rings. The summed E-state index contributed by atoms with van der Waals surface area (Å²) in [5.41, 5.74) is 4.79. The number of hydrogen-bond acceptors (Lipinski definition) is 7. The fraction of sp³-hybridized carbons (Fsp3) is 0.385. The molecule has 0 spiro atoms. The van der Waals surface area contributed by atoms with Gasteiger partial charge in [-0.15, -0.1) is 0 Å². The number of aryl methyl sites for hydroxylation is 1. The number of nitrogens with zero attached hydrogens (tertiary/aromatic N) is 6. The van der Waals surface area contributed by atoms with Crippen LogP contribution in [0.3, 0.4) is 0 Å². The van der Waals surface area contributed by atoms with E-state index in [1.165, 1.54) is 44.6 Å². The van der Waals surface area contributed by atoms with Crippen molar-refractivity contribution in [2.45, 2.75) is 51.1 Å². The predicted molar refractivity (Wildman–Crippen MR) is 134 cm³/mol. The maximum Gasteiger partial charge on any atom is 0.223 e. The highest BCUT2D eigenvalue weighted by Gasteiger charge is 2.29. The molecule has 0 aromatic carbocycles. The van der Waals surface area contributed by atoms with Gasteiger partial charge in [-0.25, -0.2) is 19.3 Å². The highest BCUT2D eigenvalue weighted by Crippen LogP contribution is 2.29. The van der Waals surface area contributed by atoms with Gasteiger partial charge in [-0.05, 0) is 69.8 Å². The number of hydrogen-bond donors (Lipinski definition) is 2. The summed E-state index contributed by atoms with van der Waals surface area (Å²) in [5.74, 6) is 0.282. The normalized spacial score (nSPS) is 20.5. The first-order chi connectivity index (χ1) is 17.1. The second-order valence-corrected chi connectivity index (χ2v) is 9.59. The van der Waals surface area contributed by atoms with Crippen molar-refractivity contribution < 1.29 is 4.39 Å². The van der Waals surface area contributed by atoms with E-state index in [9.17, 15) is 4.39 Å². The SMILES string of the molecule is Cc1cnc(NC2CCC(N3CCC3)CC2)nc1-c1cn2cc(Nc3cncc(F)c3)ccc2n1. The van der Waals surface area contributed by atoms with Crippen molar-refractivity contribution >= 4 is 23.0 Å². The Morgan fingerprint density at radius 3 is 2.60 bits per heavy atom. The van der Waals surface area contributed by atoms with Crippen LogP contribution < -0.4 is 10.6 Å². The Balaban J connectivity index is 1.18. The van der Waals surface area contributed by atoms with Gasteiger partial charge < -0.3 is 19.9 Å². The van der Waals surface area contributed by atoms with Gasteiger partial charge in [-0.2, -0.15) is 0 Å². The summed E-state index contributed by atoms with van der Waals surface area (Å²) in [6, 6.07) is 6.41. The van der Waals surface area contributed by atoms with E-state index in [1.54, 1.807) is 6.20 Å². The van der Waals surface area contributed by atoms with Gasteiger partial charge in [0.25, 0.3) is 0 Å². The van der Waals surface area contributed by atoms with Crippen molar-refractivity contribution in [3.05, 3.63) is 60.6 Å². The zero-order valence-corrected chi connectivity index (χ0v) is 19.8. The second kappa shape index (κ2) is 9.22. The molecule has 1 aliphatic heterocycles. The fourth-order valence-corrected chi connectivity index (χ4v) is 5.07. The number of halogens is 1. The molecule has 1 saturated heterocycles. The van der Waals surface area contributed by atoms with E-state index in [-0.39, 0.29) is 5.82 Å². The van der Waals surface area contributed by atoms with Gasteiger partial charge in [0.1, 0.15) is 17.2 Å². The Kier molecular flexibility index (Phi) is 5.77. The highest BCUT2D eigenvalue weighted by atomic mass is 19.1. The molecule has 0 unspecified atom stereocenters. The smallest absolute Gasteiger partial charge is 0.223 e. The number of pyridine rings is 2.